The molecule has 0 aliphatic carbocycles. The first-order chi connectivity index (χ1) is 12.0. The van der Waals surface area contributed by atoms with Crippen molar-refractivity contribution in [3.05, 3.63) is 29.3 Å². The van der Waals surface area contributed by atoms with Crippen molar-refractivity contribution < 1.29 is 9.53 Å². The molecule has 3 rings (SSSR count). The van der Waals surface area contributed by atoms with Crippen molar-refractivity contribution in [1.82, 2.24) is 9.80 Å². The summed E-state index contributed by atoms with van der Waals surface area (Å²) in [4.78, 5) is 18.9. The van der Waals surface area contributed by atoms with E-state index in [0.717, 1.165) is 55.0 Å². The monoisotopic (exact) mass is 362 g/mol. The minimum Gasteiger partial charge on any atom is -0.373 e. The first-order valence-electron chi connectivity index (χ1n) is 9.31. The fourth-order valence-corrected chi connectivity index (χ4v) is 4.58. The molecule has 4 nitrogen and oxygen atoms in total. The number of carbonyl (C=O) groups excluding carboxylic acids is 1. The Morgan fingerprint density at radius 2 is 2.00 bits per heavy atom. The van der Waals surface area contributed by atoms with Gasteiger partial charge in [0, 0.05) is 42.7 Å². The van der Waals surface area contributed by atoms with Crippen LogP contribution in [0.5, 0.6) is 0 Å². The zero-order chi connectivity index (χ0) is 18.0. The van der Waals surface area contributed by atoms with Crippen molar-refractivity contribution in [2.24, 2.45) is 0 Å². The molecule has 0 radical (unpaired) electrons. The van der Waals surface area contributed by atoms with E-state index in [-0.39, 0.29) is 18.1 Å². The summed E-state index contributed by atoms with van der Waals surface area (Å²) in [6.07, 6.45) is 4.81. The third-order valence-electron chi connectivity index (χ3n) is 5.28. The second-order valence-electron chi connectivity index (χ2n) is 7.45. The normalized spacial score (nSPS) is 27.7. The Labute approximate surface area is 155 Å². The van der Waals surface area contributed by atoms with E-state index < -0.39 is 0 Å². The lowest BCUT2D eigenvalue weighted by atomic mass is 10.1. The van der Waals surface area contributed by atoms with Gasteiger partial charge in [0.2, 0.25) is 0 Å². The zero-order valence-corrected chi connectivity index (χ0v) is 16.6. The molecule has 2 saturated heterocycles. The highest BCUT2D eigenvalue weighted by molar-refractivity contribution is 7.98. The molecule has 2 heterocycles. The Morgan fingerprint density at radius 1 is 1.28 bits per heavy atom. The van der Waals surface area contributed by atoms with Crippen LogP contribution in [-0.4, -0.2) is 66.4 Å². The van der Waals surface area contributed by atoms with E-state index in [4.69, 9.17) is 4.74 Å². The van der Waals surface area contributed by atoms with Crippen LogP contribution < -0.4 is 0 Å². The molecule has 0 bridgehead atoms. The van der Waals surface area contributed by atoms with Crippen molar-refractivity contribution in [3.63, 3.8) is 0 Å². The molecule has 1 amide bonds. The number of amides is 1. The highest BCUT2D eigenvalue weighted by Crippen LogP contribution is 2.26. The van der Waals surface area contributed by atoms with E-state index in [9.17, 15) is 4.79 Å². The Hall–Kier alpha value is -1.04. The van der Waals surface area contributed by atoms with Gasteiger partial charge in [-0.25, -0.2) is 0 Å². The molecular weight excluding hydrogens is 332 g/mol. The quantitative estimate of drug-likeness (QED) is 0.768. The molecular formula is C20H30N2O2S. The van der Waals surface area contributed by atoms with Crippen LogP contribution in [0.1, 0.15) is 42.6 Å². The molecule has 2 aliphatic heterocycles. The number of ether oxygens (including phenoxy) is 1. The van der Waals surface area contributed by atoms with Crippen molar-refractivity contribution in [1.29, 1.82) is 0 Å². The minimum atomic E-state index is 0.199. The van der Waals surface area contributed by atoms with Crippen molar-refractivity contribution >= 4 is 17.7 Å². The van der Waals surface area contributed by atoms with Gasteiger partial charge in [0.25, 0.3) is 5.91 Å². The number of hydrogen-bond donors (Lipinski definition) is 0. The molecule has 25 heavy (non-hydrogen) atoms. The number of aryl methyl sites for hydroxylation is 1. The zero-order valence-electron chi connectivity index (χ0n) is 15.8. The molecule has 1 aromatic rings. The van der Waals surface area contributed by atoms with E-state index in [1.54, 1.807) is 11.8 Å². The maximum absolute atomic E-state index is 13.2. The second-order valence-corrected chi connectivity index (χ2v) is 8.33. The Morgan fingerprint density at radius 3 is 2.68 bits per heavy atom. The summed E-state index contributed by atoms with van der Waals surface area (Å²) in [5.74, 6) is 0.199. The SMILES string of the molecule is CSc1ccc(C)c(C(=O)N2CCCC2CN2CC(C)OC(C)C2)c1. The Kier molecular flexibility index (Phi) is 6.08. The van der Waals surface area contributed by atoms with Crippen LogP contribution in [0.4, 0.5) is 0 Å². The van der Waals surface area contributed by atoms with Crippen LogP contribution in [0.2, 0.25) is 0 Å². The number of morpholine rings is 1. The average Bonchev–Trinajstić information content (AvgIpc) is 3.02. The van der Waals surface area contributed by atoms with Crippen molar-refractivity contribution in [2.75, 3.05) is 32.4 Å². The first kappa shape index (κ1) is 18.7. The van der Waals surface area contributed by atoms with Crippen LogP contribution in [-0.2, 0) is 4.74 Å². The van der Waals surface area contributed by atoms with Gasteiger partial charge in [-0.1, -0.05) is 6.07 Å². The number of hydrogen-bond acceptors (Lipinski definition) is 4. The number of thioether (sulfide) groups is 1. The van der Waals surface area contributed by atoms with Gasteiger partial charge in [-0.3, -0.25) is 9.69 Å². The van der Waals surface area contributed by atoms with E-state index in [2.05, 4.69) is 48.1 Å². The van der Waals surface area contributed by atoms with Crippen LogP contribution in [0.25, 0.3) is 0 Å². The molecule has 138 valence electrons. The smallest absolute Gasteiger partial charge is 0.254 e. The van der Waals surface area contributed by atoms with E-state index in [1.165, 1.54) is 0 Å². The highest BCUT2D eigenvalue weighted by atomic mass is 32.2. The molecule has 0 spiro atoms. The molecule has 0 N–H and O–H groups in total. The lowest BCUT2D eigenvalue weighted by Gasteiger charge is -2.38. The van der Waals surface area contributed by atoms with Crippen LogP contribution in [0.3, 0.4) is 0 Å². The number of likely N-dealkylation sites (tertiary alicyclic amines) is 1. The third kappa shape index (κ3) is 4.39. The maximum Gasteiger partial charge on any atom is 0.254 e. The second kappa shape index (κ2) is 8.11. The fourth-order valence-electron chi connectivity index (χ4n) is 4.14. The summed E-state index contributed by atoms with van der Waals surface area (Å²) in [7, 11) is 0. The molecule has 2 fully saturated rings. The van der Waals surface area contributed by atoms with Gasteiger partial charge >= 0.3 is 0 Å². The van der Waals surface area contributed by atoms with Gasteiger partial charge in [-0.05, 0) is 57.6 Å². The van der Waals surface area contributed by atoms with Crippen LogP contribution in [0, 0.1) is 6.92 Å². The van der Waals surface area contributed by atoms with Gasteiger partial charge in [0.05, 0.1) is 12.2 Å². The lowest BCUT2D eigenvalue weighted by Crippen LogP contribution is -2.51. The Bertz CT molecular complexity index is 612. The van der Waals surface area contributed by atoms with Gasteiger partial charge in [0.1, 0.15) is 0 Å². The predicted molar refractivity (Wildman–Crippen MR) is 103 cm³/mol. The summed E-state index contributed by atoms with van der Waals surface area (Å²) in [6.45, 7) is 10.1. The number of benzene rings is 1. The average molecular weight is 363 g/mol. The minimum absolute atomic E-state index is 0.199. The standard InChI is InChI=1S/C20H30N2O2S/c1-14-7-8-18(25-4)10-19(14)20(23)22-9-5-6-17(22)13-21-11-15(2)24-16(3)12-21/h7-8,10,15-17H,5-6,9,11-13H2,1-4H3. The summed E-state index contributed by atoms with van der Waals surface area (Å²) >= 11 is 1.69. The van der Waals surface area contributed by atoms with Gasteiger partial charge in [0.15, 0.2) is 0 Å². The maximum atomic E-state index is 13.2. The van der Waals surface area contributed by atoms with Gasteiger partial charge in [-0.2, -0.15) is 0 Å². The number of carbonyl (C=O) groups is 1. The van der Waals surface area contributed by atoms with Crippen LogP contribution >= 0.6 is 11.8 Å². The molecule has 5 heteroatoms. The van der Waals surface area contributed by atoms with E-state index in [0.29, 0.717) is 6.04 Å². The summed E-state index contributed by atoms with van der Waals surface area (Å²) < 4.78 is 5.84. The third-order valence-corrected chi connectivity index (χ3v) is 6.00. The van der Waals surface area contributed by atoms with Crippen LogP contribution in [0.15, 0.2) is 23.1 Å². The fraction of sp³-hybridized carbons (Fsp3) is 0.650. The summed E-state index contributed by atoms with van der Waals surface area (Å²) in [6, 6.07) is 6.53. The van der Waals surface area contributed by atoms with Gasteiger partial charge < -0.3 is 9.64 Å². The molecule has 0 aromatic heterocycles. The summed E-state index contributed by atoms with van der Waals surface area (Å²) in [5, 5.41) is 0. The van der Waals surface area contributed by atoms with E-state index in [1.807, 2.05) is 6.92 Å². The summed E-state index contributed by atoms with van der Waals surface area (Å²) in [5.41, 5.74) is 1.93. The highest BCUT2D eigenvalue weighted by Gasteiger charge is 2.33. The van der Waals surface area contributed by atoms with Crippen molar-refractivity contribution in [3.8, 4) is 0 Å². The van der Waals surface area contributed by atoms with E-state index >= 15 is 0 Å². The molecule has 3 unspecified atom stereocenters. The first-order valence-corrected chi connectivity index (χ1v) is 10.5. The number of nitrogens with zero attached hydrogens (tertiary/aromatic N) is 2. The molecule has 0 saturated carbocycles. The molecule has 1 aromatic carbocycles. The Balaban J connectivity index is 1.72. The molecule has 3 atom stereocenters. The number of rotatable bonds is 4. The van der Waals surface area contributed by atoms with Crippen molar-refractivity contribution in [2.45, 2.75) is 56.8 Å². The van der Waals surface area contributed by atoms with Gasteiger partial charge in [-0.15, -0.1) is 11.8 Å². The lowest BCUT2D eigenvalue weighted by molar-refractivity contribution is -0.0715. The largest absolute Gasteiger partial charge is 0.373 e. The topological polar surface area (TPSA) is 32.8 Å². The predicted octanol–water partition coefficient (Wildman–Crippen LogP) is 3.43. The molecule has 2 aliphatic rings.